The molecule has 0 fully saturated rings. The van der Waals surface area contributed by atoms with Crippen LogP contribution in [0, 0.1) is 10.8 Å². The summed E-state index contributed by atoms with van der Waals surface area (Å²) in [6.07, 6.45) is -0.877. The summed E-state index contributed by atoms with van der Waals surface area (Å²) in [5.41, 5.74) is 2.00. The smallest absolute Gasteiger partial charge is 0.407 e. The van der Waals surface area contributed by atoms with Gasteiger partial charge in [0, 0.05) is 24.8 Å². The maximum atomic E-state index is 13.9. The maximum absolute atomic E-state index is 13.9. The molecule has 0 radical (unpaired) electrons. The molecule has 0 aliphatic carbocycles. The van der Waals surface area contributed by atoms with Crippen molar-refractivity contribution in [2.45, 2.75) is 91.1 Å². The SMILES string of the molecule is COC(=O)N[C@H](C(=O)N[C@@H](Cc1ccccc1)[C@@H](O)C[C@@H](Cc1ccc(-c2ccccn2)cc1)NC(=O)[C@@H](N(C)C(=O)O)C(C)(C)C)C(C)(C)C. The average molecular weight is 704 g/mol. The molecule has 51 heavy (non-hydrogen) atoms. The van der Waals surface area contributed by atoms with Gasteiger partial charge in [-0.2, -0.15) is 0 Å². The average Bonchev–Trinajstić information content (AvgIpc) is 3.06. The molecule has 0 aliphatic rings. The van der Waals surface area contributed by atoms with Crippen molar-refractivity contribution >= 4 is 24.0 Å². The number of carbonyl (C=O) groups is 4. The van der Waals surface area contributed by atoms with Crippen LogP contribution in [0.25, 0.3) is 11.3 Å². The monoisotopic (exact) mass is 703 g/mol. The van der Waals surface area contributed by atoms with Crippen LogP contribution in [0.3, 0.4) is 0 Å². The van der Waals surface area contributed by atoms with Gasteiger partial charge in [-0.25, -0.2) is 9.59 Å². The van der Waals surface area contributed by atoms with E-state index in [4.69, 9.17) is 4.74 Å². The van der Waals surface area contributed by atoms with Gasteiger partial charge >= 0.3 is 12.2 Å². The van der Waals surface area contributed by atoms with Crippen LogP contribution in [0.15, 0.2) is 79.0 Å². The lowest BCUT2D eigenvalue weighted by atomic mass is 9.84. The highest BCUT2D eigenvalue weighted by Crippen LogP contribution is 2.26. The number of amides is 4. The van der Waals surface area contributed by atoms with Crippen LogP contribution in [0.4, 0.5) is 9.59 Å². The van der Waals surface area contributed by atoms with Crippen molar-refractivity contribution in [1.82, 2.24) is 25.8 Å². The Morgan fingerprint density at radius 3 is 1.92 bits per heavy atom. The standard InChI is InChI=1S/C39H53N5O7/c1-38(2,3)32(43-36(48)51-8)34(46)42-30(23-25-14-10-9-11-15-25)31(45)24-28(41-35(47)33(39(4,5)6)44(7)37(49)50)22-26-17-19-27(20-18-26)29-16-12-13-21-40-29/h9-21,28,30-33,45H,22-24H2,1-8H3,(H,41,47)(H,42,46)(H,43,48)(H,49,50)/t28-,30+,31+,32-,33-/m1/s1. The molecule has 0 unspecified atom stereocenters. The van der Waals surface area contributed by atoms with Crippen LogP contribution >= 0.6 is 0 Å². The Bertz CT molecular complexity index is 1590. The third-order valence-corrected chi connectivity index (χ3v) is 8.69. The lowest BCUT2D eigenvalue weighted by Crippen LogP contribution is -2.59. The van der Waals surface area contributed by atoms with E-state index in [1.54, 1.807) is 47.7 Å². The van der Waals surface area contributed by atoms with E-state index in [0.717, 1.165) is 27.3 Å². The Morgan fingerprint density at radius 1 is 0.784 bits per heavy atom. The van der Waals surface area contributed by atoms with E-state index in [-0.39, 0.29) is 12.8 Å². The summed E-state index contributed by atoms with van der Waals surface area (Å²) in [6.45, 7) is 10.8. The largest absolute Gasteiger partial charge is 0.465 e. The second-order valence-electron chi connectivity index (χ2n) is 15.0. The van der Waals surface area contributed by atoms with E-state index in [1.807, 2.05) is 72.8 Å². The normalized spacial score (nSPS) is 14.6. The fourth-order valence-corrected chi connectivity index (χ4v) is 6.09. The molecule has 5 atom stereocenters. The molecular formula is C39H53N5O7. The minimum absolute atomic E-state index is 0.0176. The minimum Gasteiger partial charge on any atom is -0.465 e. The van der Waals surface area contributed by atoms with E-state index in [2.05, 4.69) is 20.9 Å². The lowest BCUT2D eigenvalue weighted by molar-refractivity contribution is -0.130. The fraction of sp³-hybridized carbons (Fsp3) is 0.462. The van der Waals surface area contributed by atoms with E-state index in [0.29, 0.717) is 6.42 Å². The van der Waals surface area contributed by atoms with Crippen molar-refractivity contribution in [3.8, 4) is 11.3 Å². The van der Waals surface area contributed by atoms with Gasteiger partial charge in [-0.1, -0.05) is 102 Å². The number of aromatic nitrogens is 1. The number of nitrogens with one attached hydrogen (secondary N) is 3. The molecule has 5 N–H and O–H groups in total. The molecule has 0 bridgehead atoms. The number of nitrogens with zero attached hydrogens (tertiary/aromatic N) is 2. The third kappa shape index (κ3) is 12.1. The Hall–Kier alpha value is -4.97. The summed E-state index contributed by atoms with van der Waals surface area (Å²) < 4.78 is 4.76. The lowest BCUT2D eigenvalue weighted by Gasteiger charge is -2.37. The molecule has 0 saturated heterocycles. The van der Waals surface area contributed by atoms with E-state index >= 15 is 0 Å². The van der Waals surface area contributed by atoms with Gasteiger partial charge in [0.1, 0.15) is 12.1 Å². The number of likely N-dealkylation sites (N-methyl/N-ethyl adjacent to an activating group) is 1. The molecule has 3 aromatic rings. The topological polar surface area (TPSA) is 170 Å². The van der Waals surface area contributed by atoms with Crippen LogP contribution in [-0.2, 0) is 27.2 Å². The second kappa shape index (κ2) is 17.8. The van der Waals surface area contributed by atoms with Gasteiger partial charge in [-0.05, 0) is 53.4 Å². The molecule has 276 valence electrons. The van der Waals surface area contributed by atoms with Gasteiger partial charge in [0.15, 0.2) is 0 Å². The number of rotatable bonds is 14. The Morgan fingerprint density at radius 2 is 1.39 bits per heavy atom. The van der Waals surface area contributed by atoms with Crippen molar-refractivity contribution in [1.29, 1.82) is 0 Å². The number of hydrogen-bond donors (Lipinski definition) is 5. The first-order valence-corrected chi connectivity index (χ1v) is 17.0. The van der Waals surface area contributed by atoms with Gasteiger partial charge in [-0.3, -0.25) is 19.5 Å². The van der Waals surface area contributed by atoms with Crippen LogP contribution in [-0.4, -0.2) is 88.5 Å². The third-order valence-electron chi connectivity index (χ3n) is 8.69. The summed E-state index contributed by atoms with van der Waals surface area (Å²) in [7, 11) is 2.57. The van der Waals surface area contributed by atoms with E-state index in [1.165, 1.54) is 14.2 Å². The van der Waals surface area contributed by atoms with Crippen LogP contribution in [0.2, 0.25) is 0 Å². The van der Waals surface area contributed by atoms with Crippen molar-refractivity contribution in [2.24, 2.45) is 10.8 Å². The first-order valence-electron chi connectivity index (χ1n) is 17.0. The van der Waals surface area contributed by atoms with Gasteiger partial charge in [0.2, 0.25) is 11.8 Å². The molecular weight excluding hydrogens is 650 g/mol. The van der Waals surface area contributed by atoms with Crippen LogP contribution < -0.4 is 16.0 Å². The first-order chi connectivity index (χ1) is 23.9. The van der Waals surface area contributed by atoms with Crippen molar-refractivity contribution in [2.75, 3.05) is 14.2 Å². The summed E-state index contributed by atoms with van der Waals surface area (Å²) in [5, 5.41) is 30.3. The summed E-state index contributed by atoms with van der Waals surface area (Å²) in [4.78, 5) is 57.2. The second-order valence-corrected chi connectivity index (χ2v) is 15.0. The van der Waals surface area contributed by atoms with Crippen LogP contribution in [0.1, 0.15) is 59.1 Å². The van der Waals surface area contributed by atoms with E-state index < -0.39 is 65.1 Å². The minimum atomic E-state index is -1.24. The highest BCUT2D eigenvalue weighted by Gasteiger charge is 2.39. The predicted octanol–water partition coefficient (Wildman–Crippen LogP) is 5.05. The quantitative estimate of drug-likeness (QED) is 0.155. The predicted molar refractivity (Wildman–Crippen MR) is 196 cm³/mol. The zero-order valence-electron chi connectivity index (χ0n) is 30.8. The number of benzene rings is 2. The molecule has 0 spiro atoms. The molecule has 1 heterocycles. The van der Waals surface area contributed by atoms with E-state index in [9.17, 15) is 29.4 Å². The van der Waals surface area contributed by atoms with Crippen LogP contribution in [0.5, 0.6) is 0 Å². The van der Waals surface area contributed by atoms with Crippen molar-refractivity contribution in [3.05, 3.63) is 90.1 Å². The number of hydrogen-bond acceptors (Lipinski definition) is 7. The molecule has 0 aliphatic heterocycles. The molecule has 1 aromatic heterocycles. The zero-order chi connectivity index (χ0) is 37.9. The number of aliphatic hydroxyl groups is 1. The Labute approximate surface area is 301 Å². The number of carbonyl (C=O) groups excluding carboxylic acids is 3. The summed E-state index contributed by atoms with van der Waals surface area (Å²) in [6, 6.07) is 19.2. The highest BCUT2D eigenvalue weighted by molar-refractivity contribution is 5.87. The molecule has 4 amide bonds. The highest BCUT2D eigenvalue weighted by atomic mass is 16.5. The fourth-order valence-electron chi connectivity index (χ4n) is 6.09. The van der Waals surface area contributed by atoms with Gasteiger partial charge in [0.25, 0.3) is 0 Å². The molecule has 12 heteroatoms. The first kappa shape index (κ1) is 40.5. The molecule has 3 rings (SSSR count). The number of alkyl carbamates (subject to hydrolysis) is 1. The number of ether oxygens (including phenoxy) is 1. The molecule has 2 aromatic carbocycles. The zero-order valence-corrected chi connectivity index (χ0v) is 30.8. The van der Waals surface area contributed by atoms with Gasteiger partial charge in [-0.15, -0.1) is 0 Å². The van der Waals surface area contributed by atoms with Gasteiger partial charge in [0.05, 0.1) is 24.9 Å². The number of methoxy groups -OCH3 is 1. The number of pyridine rings is 1. The Balaban J connectivity index is 1.97. The summed E-state index contributed by atoms with van der Waals surface area (Å²) >= 11 is 0. The summed E-state index contributed by atoms with van der Waals surface area (Å²) in [5.74, 6) is -1.01. The molecule has 12 nitrogen and oxygen atoms in total. The Kier molecular flexibility index (Phi) is 14.1. The maximum Gasteiger partial charge on any atom is 0.407 e. The molecule has 0 saturated carbocycles. The number of carboxylic acid groups (broad SMARTS) is 1. The number of aliphatic hydroxyl groups excluding tert-OH is 1. The van der Waals surface area contributed by atoms with Crippen molar-refractivity contribution < 1.29 is 34.1 Å². The van der Waals surface area contributed by atoms with Gasteiger partial charge < -0.3 is 30.9 Å². The van der Waals surface area contributed by atoms with Crippen molar-refractivity contribution in [3.63, 3.8) is 0 Å².